The van der Waals surface area contributed by atoms with E-state index < -0.39 is 16.1 Å². The largest absolute Gasteiger partial charge is 0.311 e. The van der Waals surface area contributed by atoms with Crippen molar-refractivity contribution in [2.45, 2.75) is 31.2 Å². The van der Waals surface area contributed by atoms with Gasteiger partial charge in [-0.15, -0.1) is 0 Å². The maximum Gasteiger partial charge on any atom is 0.245 e. The molecule has 0 radical (unpaired) electrons. The van der Waals surface area contributed by atoms with Crippen molar-refractivity contribution in [1.82, 2.24) is 4.72 Å². The molecule has 1 fully saturated rings. The van der Waals surface area contributed by atoms with Crippen LogP contribution in [0.1, 0.15) is 23.1 Å². The first-order chi connectivity index (χ1) is 12.3. The minimum atomic E-state index is -3.88. The molecule has 7 heteroatoms. The minimum absolute atomic E-state index is 0.0195. The number of anilines is 1. The van der Waals surface area contributed by atoms with Crippen LogP contribution in [0.4, 0.5) is 5.69 Å². The number of rotatable bonds is 4. The van der Waals surface area contributed by atoms with E-state index in [0.29, 0.717) is 13.0 Å². The molecular formula is C19H19N3O3S. The number of sulfonamides is 1. The number of nitriles is 1. The Balaban J connectivity index is 1.80. The van der Waals surface area contributed by atoms with Crippen LogP contribution in [0.3, 0.4) is 0 Å². The van der Waals surface area contributed by atoms with Gasteiger partial charge in [-0.25, -0.2) is 8.42 Å². The van der Waals surface area contributed by atoms with E-state index in [0.717, 1.165) is 16.8 Å². The number of hydrogen-bond donors (Lipinski definition) is 1. The lowest BCUT2D eigenvalue weighted by Gasteiger charge is -2.18. The quantitative estimate of drug-likeness (QED) is 0.895. The van der Waals surface area contributed by atoms with E-state index >= 15 is 0 Å². The van der Waals surface area contributed by atoms with E-state index in [1.54, 1.807) is 4.90 Å². The fourth-order valence-corrected chi connectivity index (χ4v) is 4.20. The van der Waals surface area contributed by atoms with Crippen molar-refractivity contribution in [3.63, 3.8) is 0 Å². The maximum atomic E-state index is 12.7. The van der Waals surface area contributed by atoms with Crippen LogP contribution in [0.25, 0.3) is 0 Å². The summed E-state index contributed by atoms with van der Waals surface area (Å²) in [5.41, 5.74) is 3.23. The third kappa shape index (κ3) is 3.47. The Bertz CT molecular complexity index is 1010. The van der Waals surface area contributed by atoms with E-state index in [9.17, 15) is 13.2 Å². The van der Waals surface area contributed by atoms with Gasteiger partial charge in [-0.05, 0) is 61.7 Å². The van der Waals surface area contributed by atoms with E-state index in [4.69, 9.17) is 5.26 Å². The van der Waals surface area contributed by atoms with Crippen LogP contribution in [0, 0.1) is 25.2 Å². The number of nitrogens with one attached hydrogen (secondary N) is 1. The lowest BCUT2D eigenvalue weighted by Crippen LogP contribution is -2.41. The first-order valence-corrected chi connectivity index (χ1v) is 9.71. The molecule has 134 valence electrons. The van der Waals surface area contributed by atoms with Gasteiger partial charge >= 0.3 is 0 Å². The molecule has 6 nitrogen and oxygen atoms in total. The van der Waals surface area contributed by atoms with Crippen molar-refractivity contribution in [2.75, 3.05) is 11.4 Å². The maximum absolute atomic E-state index is 12.7. The molecule has 0 aromatic heterocycles. The molecule has 2 aromatic carbocycles. The summed E-state index contributed by atoms with van der Waals surface area (Å²) in [6.45, 7) is 4.42. The fourth-order valence-electron chi connectivity index (χ4n) is 2.93. The van der Waals surface area contributed by atoms with Gasteiger partial charge in [-0.1, -0.05) is 12.1 Å². The average Bonchev–Trinajstić information content (AvgIpc) is 2.97. The first-order valence-electron chi connectivity index (χ1n) is 8.23. The van der Waals surface area contributed by atoms with Gasteiger partial charge in [-0.2, -0.15) is 9.98 Å². The number of carbonyl (C=O) groups excluding carboxylic acids is 1. The van der Waals surface area contributed by atoms with Crippen LogP contribution >= 0.6 is 0 Å². The molecule has 0 spiro atoms. The first kappa shape index (κ1) is 18.1. The average molecular weight is 369 g/mol. The highest BCUT2D eigenvalue weighted by molar-refractivity contribution is 7.89. The van der Waals surface area contributed by atoms with Gasteiger partial charge in [-0.3, -0.25) is 4.79 Å². The summed E-state index contributed by atoms with van der Waals surface area (Å²) in [4.78, 5) is 14.3. The molecule has 1 N–H and O–H groups in total. The minimum Gasteiger partial charge on any atom is -0.311 e. The Labute approximate surface area is 153 Å². The van der Waals surface area contributed by atoms with E-state index in [-0.39, 0.29) is 16.4 Å². The van der Waals surface area contributed by atoms with Gasteiger partial charge in [0.05, 0.1) is 16.5 Å². The predicted molar refractivity (Wildman–Crippen MR) is 98.2 cm³/mol. The molecule has 0 bridgehead atoms. The van der Waals surface area contributed by atoms with Crippen molar-refractivity contribution in [3.8, 4) is 6.07 Å². The summed E-state index contributed by atoms with van der Waals surface area (Å²) in [6.07, 6.45) is 0.392. The topological polar surface area (TPSA) is 90.3 Å². The molecule has 1 aliphatic heterocycles. The van der Waals surface area contributed by atoms with Crippen LogP contribution in [0.2, 0.25) is 0 Å². The summed E-state index contributed by atoms with van der Waals surface area (Å²) in [7, 11) is -3.88. The van der Waals surface area contributed by atoms with Crippen molar-refractivity contribution < 1.29 is 13.2 Å². The number of carbonyl (C=O) groups is 1. The van der Waals surface area contributed by atoms with Gasteiger partial charge in [0.1, 0.15) is 6.04 Å². The highest BCUT2D eigenvalue weighted by Gasteiger charge is 2.35. The summed E-state index contributed by atoms with van der Waals surface area (Å²) in [5.74, 6) is -0.270. The van der Waals surface area contributed by atoms with Gasteiger partial charge in [0.15, 0.2) is 0 Å². The molecule has 1 saturated heterocycles. The molecule has 26 heavy (non-hydrogen) atoms. The van der Waals surface area contributed by atoms with E-state index in [1.807, 2.05) is 38.1 Å². The van der Waals surface area contributed by atoms with Crippen molar-refractivity contribution in [2.24, 2.45) is 0 Å². The Hall–Kier alpha value is -2.69. The highest BCUT2D eigenvalue weighted by Crippen LogP contribution is 2.25. The second-order valence-corrected chi connectivity index (χ2v) is 8.07. The van der Waals surface area contributed by atoms with Crippen molar-refractivity contribution >= 4 is 21.6 Å². The molecule has 1 heterocycles. The van der Waals surface area contributed by atoms with Crippen LogP contribution in [0.5, 0.6) is 0 Å². The lowest BCUT2D eigenvalue weighted by atomic mass is 10.1. The molecule has 3 rings (SSSR count). The smallest absolute Gasteiger partial charge is 0.245 e. The Morgan fingerprint density at radius 1 is 1.15 bits per heavy atom. The number of nitrogens with zero attached hydrogens (tertiary/aromatic N) is 2. The fraction of sp³-hybridized carbons (Fsp3) is 0.263. The number of hydrogen-bond acceptors (Lipinski definition) is 4. The summed E-state index contributed by atoms with van der Waals surface area (Å²) in [5, 5.41) is 8.93. The van der Waals surface area contributed by atoms with E-state index in [1.165, 1.54) is 24.3 Å². The normalized spacial score (nSPS) is 17.3. The van der Waals surface area contributed by atoms with Crippen molar-refractivity contribution in [3.05, 3.63) is 59.2 Å². The molecule has 1 atom stereocenters. The molecule has 1 aliphatic rings. The zero-order valence-corrected chi connectivity index (χ0v) is 15.4. The Morgan fingerprint density at radius 3 is 2.62 bits per heavy atom. The van der Waals surface area contributed by atoms with Crippen molar-refractivity contribution in [1.29, 1.82) is 5.26 Å². The third-order valence-electron chi connectivity index (χ3n) is 4.58. The van der Waals surface area contributed by atoms with Crippen LogP contribution in [0.15, 0.2) is 47.4 Å². The summed E-state index contributed by atoms with van der Waals surface area (Å²) in [6, 6.07) is 12.6. The number of aryl methyl sites for hydroxylation is 2. The number of benzene rings is 2. The predicted octanol–water partition coefficient (Wildman–Crippen LogP) is 2.26. The number of amides is 1. The van der Waals surface area contributed by atoms with E-state index in [2.05, 4.69) is 4.72 Å². The summed E-state index contributed by atoms with van der Waals surface area (Å²) < 4.78 is 27.6. The van der Waals surface area contributed by atoms with Gasteiger partial charge in [0.2, 0.25) is 15.9 Å². The highest BCUT2D eigenvalue weighted by atomic mass is 32.2. The second-order valence-electron chi connectivity index (χ2n) is 6.36. The lowest BCUT2D eigenvalue weighted by molar-refractivity contribution is -0.118. The Kier molecular flexibility index (Phi) is 4.81. The SMILES string of the molecule is Cc1ccc(N2CC[C@H](NS(=O)(=O)c3cccc(C#N)c3)C2=O)cc1C. The van der Waals surface area contributed by atoms with Crippen LogP contribution in [-0.2, 0) is 14.8 Å². The molecular weight excluding hydrogens is 350 g/mol. The standard InChI is InChI=1S/C19H19N3O3S/c1-13-6-7-16(10-14(13)2)22-9-8-18(19(22)23)21-26(24,25)17-5-3-4-15(11-17)12-20/h3-7,10-11,18,21H,8-9H2,1-2H3/t18-/m0/s1. The monoisotopic (exact) mass is 369 g/mol. The second kappa shape index (κ2) is 6.90. The van der Waals surface area contributed by atoms with Gasteiger partial charge in [0, 0.05) is 12.2 Å². The van der Waals surface area contributed by atoms with Crippen LogP contribution < -0.4 is 9.62 Å². The molecule has 2 aromatic rings. The molecule has 1 amide bonds. The van der Waals surface area contributed by atoms with Crippen LogP contribution in [-0.4, -0.2) is 26.9 Å². The zero-order valence-electron chi connectivity index (χ0n) is 14.6. The molecule has 0 aliphatic carbocycles. The van der Waals surface area contributed by atoms with Gasteiger partial charge in [0.25, 0.3) is 0 Å². The Morgan fingerprint density at radius 2 is 1.92 bits per heavy atom. The molecule has 0 saturated carbocycles. The third-order valence-corrected chi connectivity index (χ3v) is 6.05. The molecule has 0 unspecified atom stereocenters. The summed E-state index contributed by atoms with van der Waals surface area (Å²) >= 11 is 0. The zero-order chi connectivity index (χ0) is 18.9. The van der Waals surface area contributed by atoms with Gasteiger partial charge < -0.3 is 4.90 Å².